The Morgan fingerprint density at radius 3 is 2.27 bits per heavy atom. The first-order valence-corrected chi connectivity index (χ1v) is 8.98. The van der Waals surface area contributed by atoms with Gasteiger partial charge in [0.2, 0.25) is 0 Å². The predicted molar refractivity (Wildman–Crippen MR) is 97.0 cm³/mol. The number of nitrogens with zero attached hydrogens (tertiary/aromatic N) is 1. The van der Waals surface area contributed by atoms with Crippen LogP contribution < -0.4 is 0 Å². The van der Waals surface area contributed by atoms with Crippen LogP contribution in [0.3, 0.4) is 0 Å². The Morgan fingerprint density at radius 1 is 1.04 bits per heavy atom. The summed E-state index contributed by atoms with van der Waals surface area (Å²) in [4.78, 5) is 25.1. The average molecular weight is 351 g/mol. The van der Waals surface area contributed by atoms with E-state index in [1.807, 2.05) is 24.3 Å². The van der Waals surface area contributed by atoms with Crippen LogP contribution in [-0.2, 0) is 9.53 Å². The van der Waals surface area contributed by atoms with Gasteiger partial charge >= 0.3 is 12.1 Å². The summed E-state index contributed by atoms with van der Waals surface area (Å²) in [6.45, 7) is 0.831. The van der Waals surface area contributed by atoms with Crippen molar-refractivity contribution in [2.75, 3.05) is 13.2 Å². The standard InChI is InChI=1S/C21H21NO4/c23-20(24)12-14-6-5-11-22(14)21(25)26-13-19-17-9-3-1-7-15(17)16-8-2-4-10-18(16)19/h1-4,7-10,14,19H,5-6,11-13H2,(H,23,24). The number of hydrogen-bond acceptors (Lipinski definition) is 3. The van der Waals surface area contributed by atoms with Gasteiger partial charge in [-0.05, 0) is 35.1 Å². The summed E-state index contributed by atoms with van der Waals surface area (Å²) in [6, 6.07) is 16.1. The summed E-state index contributed by atoms with van der Waals surface area (Å²) in [6.07, 6.45) is 1.11. The number of carbonyl (C=O) groups excluding carboxylic acids is 1. The SMILES string of the molecule is O=C(O)CC1CCCN1C(=O)OCC1c2ccccc2-c2ccccc21. The molecule has 1 aliphatic carbocycles. The third kappa shape index (κ3) is 2.94. The van der Waals surface area contributed by atoms with Gasteiger partial charge in [-0.25, -0.2) is 4.79 Å². The van der Waals surface area contributed by atoms with Crippen molar-refractivity contribution >= 4 is 12.1 Å². The van der Waals surface area contributed by atoms with Crippen LogP contribution in [0.15, 0.2) is 48.5 Å². The minimum atomic E-state index is -0.881. The molecule has 1 heterocycles. The summed E-state index contributed by atoms with van der Waals surface area (Å²) < 4.78 is 5.63. The fourth-order valence-corrected chi connectivity index (χ4v) is 4.17. The van der Waals surface area contributed by atoms with Crippen molar-refractivity contribution in [2.45, 2.75) is 31.2 Å². The molecule has 2 aliphatic rings. The number of amides is 1. The smallest absolute Gasteiger partial charge is 0.410 e. The summed E-state index contributed by atoms with van der Waals surface area (Å²) in [5, 5.41) is 9.02. The number of hydrogen-bond donors (Lipinski definition) is 1. The molecule has 2 aromatic rings. The molecule has 134 valence electrons. The van der Waals surface area contributed by atoms with Gasteiger partial charge in [-0.3, -0.25) is 4.79 Å². The van der Waals surface area contributed by atoms with E-state index in [-0.39, 0.29) is 25.0 Å². The fourth-order valence-electron chi connectivity index (χ4n) is 4.17. The van der Waals surface area contributed by atoms with Gasteiger partial charge in [0.05, 0.1) is 6.42 Å². The van der Waals surface area contributed by atoms with Gasteiger partial charge < -0.3 is 14.7 Å². The molecule has 0 saturated carbocycles. The van der Waals surface area contributed by atoms with Crippen LogP contribution in [0.25, 0.3) is 11.1 Å². The van der Waals surface area contributed by atoms with Crippen LogP contribution in [0.5, 0.6) is 0 Å². The van der Waals surface area contributed by atoms with Gasteiger partial charge in [0, 0.05) is 18.5 Å². The lowest BCUT2D eigenvalue weighted by Gasteiger charge is -2.24. The van der Waals surface area contributed by atoms with Crippen molar-refractivity contribution in [2.24, 2.45) is 0 Å². The number of aliphatic carboxylic acids is 1. The molecule has 1 amide bonds. The average Bonchev–Trinajstić information content (AvgIpc) is 3.22. The molecule has 0 bridgehead atoms. The summed E-state index contributed by atoms with van der Waals surface area (Å²) in [7, 11) is 0. The second kappa shape index (κ2) is 6.83. The largest absolute Gasteiger partial charge is 0.481 e. The van der Waals surface area contributed by atoms with E-state index in [1.54, 1.807) is 4.90 Å². The lowest BCUT2D eigenvalue weighted by atomic mass is 9.98. The van der Waals surface area contributed by atoms with Crippen molar-refractivity contribution in [3.8, 4) is 11.1 Å². The van der Waals surface area contributed by atoms with Gasteiger partial charge in [-0.15, -0.1) is 0 Å². The first-order chi connectivity index (χ1) is 12.6. The monoisotopic (exact) mass is 351 g/mol. The Bertz CT molecular complexity index is 802. The zero-order valence-electron chi connectivity index (χ0n) is 14.4. The summed E-state index contributed by atoms with van der Waals surface area (Å²) >= 11 is 0. The van der Waals surface area contributed by atoms with E-state index >= 15 is 0 Å². The van der Waals surface area contributed by atoms with E-state index in [0.717, 1.165) is 12.8 Å². The molecule has 1 unspecified atom stereocenters. The van der Waals surface area contributed by atoms with Gasteiger partial charge in [0.25, 0.3) is 0 Å². The Hall–Kier alpha value is -2.82. The highest BCUT2D eigenvalue weighted by atomic mass is 16.6. The first kappa shape index (κ1) is 16.6. The van der Waals surface area contributed by atoms with Gasteiger partial charge in [0.1, 0.15) is 6.61 Å². The van der Waals surface area contributed by atoms with Crippen LogP contribution >= 0.6 is 0 Å². The van der Waals surface area contributed by atoms with Crippen LogP contribution in [-0.4, -0.2) is 41.3 Å². The fraction of sp³-hybridized carbons (Fsp3) is 0.333. The first-order valence-electron chi connectivity index (χ1n) is 8.98. The van der Waals surface area contributed by atoms with Gasteiger partial charge in [-0.1, -0.05) is 48.5 Å². The Labute approximate surface area is 152 Å². The molecular weight excluding hydrogens is 330 g/mol. The molecule has 0 spiro atoms. The molecule has 1 aliphatic heterocycles. The van der Waals surface area contributed by atoms with Crippen molar-refractivity contribution < 1.29 is 19.4 Å². The second-order valence-corrected chi connectivity index (χ2v) is 6.89. The highest BCUT2D eigenvalue weighted by Gasteiger charge is 2.33. The molecule has 1 atom stereocenters. The second-order valence-electron chi connectivity index (χ2n) is 6.89. The molecule has 5 heteroatoms. The lowest BCUT2D eigenvalue weighted by molar-refractivity contribution is -0.138. The molecule has 5 nitrogen and oxygen atoms in total. The number of fused-ring (bicyclic) bond motifs is 3. The minimum absolute atomic E-state index is 0.0203. The van der Waals surface area contributed by atoms with E-state index in [4.69, 9.17) is 9.84 Å². The Morgan fingerprint density at radius 2 is 1.65 bits per heavy atom. The molecule has 1 fully saturated rings. The number of benzene rings is 2. The Kier molecular flexibility index (Phi) is 4.37. The topological polar surface area (TPSA) is 66.8 Å². The summed E-state index contributed by atoms with van der Waals surface area (Å²) in [5.74, 6) is -0.861. The minimum Gasteiger partial charge on any atom is -0.481 e. The van der Waals surface area contributed by atoms with Crippen molar-refractivity contribution in [3.63, 3.8) is 0 Å². The van der Waals surface area contributed by atoms with E-state index in [9.17, 15) is 9.59 Å². The molecule has 1 saturated heterocycles. The maximum Gasteiger partial charge on any atom is 0.410 e. The van der Waals surface area contributed by atoms with Crippen LogP contribution in [0.1, 0.15) is 36.3 Å². The number of carbonyl (C=O) groups is 2. The zero-order valence-corrected chi connectivity index (χ0v) is 14.4. The Balaban J connectivity index is 1.50. The third-order valence-corrected chi connectivity index (χ3v) is 5.36. The molecule has 1 N–H and O–H groups in total. The summed E-state index contributed by atoms with van der Waals surface area (Å²) in [5.41, 5.74) is 4.72. The normalized spacial score (nSPS) is 18.5. The molecule has 0 aromatic heterocycles. The maximum atomic E-state index is 12.5. The molecule has 2 aromatic carbocycles. The lowest BCUT2D eigenvalue weighted by Crippen LogP contribution is -2.37. The van der Waals surface area contributed by atoms with E-state index in [0.29, 0.717) is 6.54 Å². The third-order valence-electron chi connectivity index (χ3n) is 5.36. The van der Waals surface area contributed by atoms with Gasteiger partial charge in [0.15, 0.2) is 0 Å². The van der Waals surface area contributed by atoms with E-state index < -0.39 is 12.1 Å². The van der Waals surface area contributed by atoms with Crippen molar-refractivity contribution in [3.05, 3.63) is 59.7 Å². The van der Waals surface area contributed by atoms with Crippen molar-refractivity contribution in [1.82, 2.24) is 4.90 Å². The van der Waals surface area contributed by atoms with Crippen molar-refractivity contribution in [1.29, 1.82) is 0 Å². The molecular formula is C21H21NO4. The van der Waals surface area contributed by atoms with E-state index in [2.05, 4.69) is 24.3 Å². The highest BCUT2D eigenvalue weighted by molar-refractivity contribution is 5.79. The van der Waals surface area contributed by atoms with Crippen LogP contribution in [0.4, 0.5) is 4.79 Å². The van der Waals surface area contributed by atoms with Gasteiger partial charge in [-0.2, -0.15) is 0 Å². The quantitative estimate of drug-likeness (QED) is 0.908. The maximum absolute atomic E-state index is 12.5. The predicted octanol–water partition coefficient (Wildman–Crippen LogP) is 3.87. The number of carboxylic acids is 1. The van der Waals surface area contributed by atoms with E-state index in [1.165, 1.54) is 22.3 Å². The number of carboxylic acid groups (broad SMARTS) is 1. The number of rotatable bonds is 4. The number of likely N-dealkylation sites (tertiary alicyclic amines) is 1. The molecule has 0 radical (unpaired) electrons. The highest BCUT2D eigenvalue weighted by Crippen LogP contribution is 2.44. The molecule has 26 heavy (non-hydrogen) atoms. The number of ether oxygens (including phenoxy) is 1. The zero-order chi connectivity index (χ0) is 18.1. The van der Waals surface area contributed by atoms with Crippen LogP contribution in [0, 0.1) is 0 Å². The molecule has 4 rings (SSSR count). The van der Waals surface area contributed by atoms with Crippen LogP contribution in [0.2, 0.25) is 0 Å².